The number of likely N-dealkylation sites (tertiary alicyclic amines) is 1. The molecule has 0 unspecified atom stereocenters. The number of amides is 2. The van der Waals surface area contributed by atoms with Crippen LogP contribution in [0.2, 0.25) is 5.02 Å². The Labute approximate surface area is 260 Å². The number of hydrogen-bond donors (Lipinski definition) is 2. The second-order valence-corrected chi connectivity index (χ2v) is 12.5. The van der Waals surface area contributed by atoms with E-state index in [-0.39, 0.29) is 34.9 Å². The van der Waals surface area contributed by atoms with Crippen LogP contribution >= 0.6 is 11.6 Å². The first kappa shape index (κ1) is 31.0. The largest absolute Gasteiger partial charge is 0.492 e. The number of halogens is 1. The van der Waals surface area contributed by atoms with Crippen LogP contribution in [0.25, 0.3) is 22.0 Å². The number of nitrogens with zero attached hydrogens (tertiary/aromatic N) is 3. The number of aromatic amines is 1. The fourth-order valence-corrected chi connectivity index (χ4v) is 5.45. The summed E-state index contributed by atoms with van der Waals surface area (Å²) >= 11 is 6.54. The number of aromatic nitrogens is 3. The van der Waals surface area contributed by atoms with Gasteiger partial charge in [-0.1, -0.05) is 23.7 Å². The molecule has 5 rings (SSSR count). The highest BCUT2D eigenvalue weighted by Gasteiger charge is 2.35. The molecule has 0 bridgehead atoms. The number of hydrogen-bond acceptors (Lipinski definition) is 7. The number of pyridine rings is 1. The van der Waals surface area contributed by atoms with Gasteiger partial charge in [0.25, 0.3) is 11.5 Å². The van der Waals surface area contributed by atoms with Crippen LogP contribution in [-0.4, -0.2) is 56.6 Å². The predicted molar refractivity (Wildman–Crippen MR) is 171 cm³/mol. The molecule has 0 saturated carbocycles. The third-order valence-electron chi connectivity index (χ3n) is 7.81. The fourth-order valence-electron chi connectivity index (χ4n) is 5.20. The van der Waals surface area contributed by atoms with Crippen LogP contribution < -0.4 is 15.6 Å². The first-order chi connectivity index (χ1) is 20.8. The quantitative estimate of drug-likeness (QED) is 0.239. The van der Waals surface area contributed by atoms with Crippen molar-refractivity contribution in [3.8, 4) is 16.9 Å². The lowest BCUT2D eigenvalue weighted by Gasteiger charge is -2.41. The molecule has 0 radical (unpaired) electrons. The van der Waals surface area contributed by atoms with Crippen molar-refractivity contribution in [3.63, 3.8) is 0 Å². The summed E-state index contributed by atoms with van der Waals surface area (Å²) in [5.74, 6) is 0.182. The zero-order chi connectivity index (χ0) is 31.8. The number of rotatable bonds is 7. The highest BCUT2D eigenvalue weighted by atomic mass is 35.5. The zero-order valence-corrected chi connectivity index (χ0v) is 26.5. The van der Waals surface area contributed by atoms with Gasteiger partial charge in [-0.3, -0.25) is 9.59 Å². The summed E-state index contributed by atoms with van der Waals surface area (Å²) in [6.45, 7) is 12.4. The summed E-state index contributed by atoms with van der Waals surface area (Å²) in [5, 5.41) is 3.40. The summed E-state index contributed by atoms with van der Waals surface area (Å²) in [6.07, 6.45) is 3.86. The Morgan fingerprint density at radius 1 is 1.18 bits per heavy atom. The minimum absolute atomic E-state index is 0.0472. The number of H-pyrrole nitrogens is 1. The van der Waals surface area contributed by atoms with Crippen molar-refractivity contribution >= 4 is 40.3 Å². The molecule has 1 fully saturated rings. The number of benzene rings is 2. The van der Waals surface area contributed by atoms with Crippen molar-refractivity contribution < 1.29 is 19.1 Å². The van der Waals surface area contributed by atoms with E-state index < -0.39 is 11.5 Å². The van der Waals surface area contributed by atoms with Crippen LogP contribution in [0.1, 0.15) is 60.7 Å². The van der Waals surface area contributed by atoms with E-state index in [1.807, 2.05) is 53.7 Å². The van der Waals surface area contributed by atoms with E-state index in [9.17, 15) is 14.4 Å². The maximum Gasteiger partial charge on any atom is 0.410 e. The number of fused-ring (bicyclic) bond motifs is 1. The molecule has 1 saturated heterocycles. The highest BCUT2D eigenvalue weighted by Crippen LogP contribution is 2.37. The van der Waals surface area contributed by atoms with Gasteiger partial charge in [0, 0.05) is 30.6 Å². The molecule has 10 nitrogen and oxygen atoms in total. The number of anilines is 1. The first-order valence-corrected chi connectivity index (χ1v) is 14.9. The van der Waals surface area contributed by atoms with Crippen molar-refractivity contribution in [2.75, 3.05) is 18.5 Å². The SMILES string of the molecule is Cc1cc(-c2c(OCC[C@@H]3CCN3C(=O)OC(C)(C)C)c3cc([14C](=O)Nc4ccncn4)c(Cl)cc3[nH]c2=O)cc(C)c1C. The zero-order valence-electron chi connectivity index (χ0n) is 25.7. The Morgan fingerprint density at radius 2 is 1.91 bits per heavy atom. The van der Waals surface area contributed by atoms with E-state index in [0.717, 1.165) is 23.1 Å². The Balaban J connectivity index is 1.54. The average Bonchev–Trinajstić information content (AvgIpc) is 2.92. The second kappa shape index (κ2) is 12.3. The molecule has 3 heterocycles. The molecular weight excluding hydrogens is 584 g/mol. The summed E-state index contributed by atoms with van der Waals surface area (Å²) in [6, 6.07) is 8.61. The molecular formula is C33H36ClN5O5. The number of carbonyl (C=O) groups is 2. The Morgan fingerprint density at radius 3 is 2.52 bits per heavy atom. The van der Waals surface area contributed by atoms with Gasteiger partial charge in [0.15, 0.2) is 0 Å². The Hall–Kier alpha value is -4.44. The van der Waals surface area contributed by atoms with Gasteiger partial charge in [-0.2, -0.15) is 0 Å². The van der Waals surface area contributed by atoms with Gasteiger partial charge in [-0.25, -0.2) is 14.8 Å². The normalized spacial score (nSPS) is 14.7. The Bertz CT molecular complexity index is 1780. The van der Waals surface area contributed by atoms with Crippen LogP contribution in [0.3, 0.4) is 0 Å². The second-order valence-electron chi connectivity index (χ2n) is 12.1. The van der Waals surface area contributed by atoms with Gasteiger partial charge < -0.3 is 24.7 Å². The summed E-state index contributed by atoms with van der Waals surface area (Å²) in [7, 11) is 0. The molecule has 230 valence electrons. The van der Waals surface area contributed by atoms with Gasteiger partial charge >= 0.3 is 6.09 Å². The van der Waals surface area contributed by atoms with E-state index in [1.165, 1.54) is 12.5 Å². The van der Waals surface area contributed by atoms with Crippen LogP contribution in [-0.2, 0) is 4.74 Å². The molecule has 4 aromatic rings. The van der Waals surface area contributed by atoms with E-state index in [1.54, 1.807) is 23.1 Å². The molecule has 2 amide bonds. The van der Waals surface area contributed by atoms with Crippen molar-refractivity contribution in [2.45, 2.75) is 66.0 Å². The monoisotopic (exact) mass is 619 g/mol. The van der Waals surface area contributed by atoms with Gasteiger partial charge in [-0.05, 0) is 88.4 Å². The standard InChI is InChI=1S/C33H36ClN5O5/c1-18-13-21(14-19(2)20(18)3)28-29(43-12-9-22-8-11-39(22)32(42)44-33(4,5)6)24-15-23(25(34)16-26(24)37-31(28)41)30(40)38-27-7-10-35-17-36-27/h7,10,13-17,22H,8-9,11-12H2,1-6H3,(H,37,41)(H,35,36,38,40)/t22-/m0/s1/i30+2. The highest BCUT2D eigenvalue weighted by molar-refractivity contribution is 6.35. The van der Waals surface area contributed by atoms with Crippen LogP contribution in [0, 0.1) is 20.8 Å². The van der Waals surface area contributed by atoms with Crippen molar-refractivity contribution in [1.29, 1.82) is 0 Å². The first-order valence-electron chi connectivity index (χ1n) is 14.5. The molecule has 2 aromatic heterocycles. The smallest absolute Gasteiger partial charge is 0.410 e. The average molecular weight is 620 g/mol. The summed E-state index contributed by atoms with van der Waals surface area (Å²) < 4.78 is 12.0. The molecule has 2 N–H and O–H groups in total. The molecule has 1 aliphatic heterocycles. The van der Waals surface area contributed by atoms with E-state index in [0.29, 0.717) is 46.6 Å². The van der Waals surface area contributed by atoms with Gasteiger partial charge in [0.2, 0.25) is 0 Å². The molecule has 0 spiro atoms. The lowest BCUT2D eigenvalue weighted by Crippen LogP contribution is -2.53. The molecule has 0 aliphatic carbocycles. The van der Waals surface area contributed by atoms with Crippen LogP contribution in [0.15, 0.2) is 47.7 Å². The Kier molecular flexibility index (Phi) is 8.65. The van der Waals surface area contributed by atoms with E-state index in [4.69, 9.17) is 21.1 Å². The fraction of sp³-hybridized carbons (Fsp3) is 0.364. The van der Waals surface area contributed by atoms with Crippen LogP contribution in [0.4, 0.5) is 10.6 Å². The third kappa shape index (κ3) is 6.55. The van der Waals surface area contributed by atoms with Gasteiger partial charge in [-0.15, -0.1) is 0 Å². The number of nitrogens with one attached hydrogen (secondary N) is 2. The molecule has 1 atom stereocenters. The minimum atomic E-state index is -0.588. The third-order valence-corrected chi connectivity index (χ3v) is 8.12. The maximum absolute atomic E-state index is 13.6. The van der Waals surface area contributed by atoms with E-state index in [2.05, 4.69) is 20.3 Å². The van der Waals surface area contributed by atoms with Gasteiger partial charge in [0.05, 0.1) is 28.3 Å². The maximum atomic E-state index is 13.6. The molecule has 11 heteroatoms. The predicted octanol–water partition coefficient (Wildman–Crippen LogP) is 6.59. The van der Waals surface area contributed by atoms with Crippen LogP contribution in [0.5, 0.6) is 5.75 Å². The number of ether oxygens (including phenoxy) is 2. The number of carbonyl (C=O) groups excluding carboxylic acids is 2. The lowest BCUT2D eigenvalue weighted by atomic mass is 9.95. The number of aryl methyl sites for hydroxylation is 2. The topological polar surface area (TPSA) is 127 Å². The van der Waals surface area contributed by atoms with Crippen molar-refractivity contribution in [3.05, 3.63) is 80.5 Å². The minimum Gasteiger partial charge on any atom is -0.492 e. The van der Waals surface area contributed by atoms with Gasteiger partial charge in [0.1, 0.15) is 23.5 Å². The van der Waals surface area contributed by atoms with Crippen molar-refractivity contribution in [1.82, 2.24) is 19.9 Å². The summed E-state index contributed by atoms with van der Waals surface area (Å²) in [5.41, 5.74) is 3.94. The molecule has 2 aromatic carbocycles. The lowest BCUT2D eigenvalue weighted by molar-refractivity contribution is -0.00866. The molecule has 44 heavy (non-hydrogen) atoms. The van der Waals surface area contributed by atoms with E-state index >= 15 is 0 Å². The van der Waals surface area contributed by atoms with Crippen molar-refractivity contribution in [2.24, 2.45) is 0 Å². The summed E-state index contributed by atoms with van der Waals surface area (Å²) in [4.78, 5) is 52.1. The molecule has 1 aliphatic rings.